The molecule has 0 radical (unpaired) electrons. The van der Waals surface area contributed by atoms with Crippen molar-refractivity contribution in [2.75, 3.05) is 5.32 Å². The van der Waals surface area contributed by atoms with Crippen LogP contribution in [-0.2, 0) is 17.5 Å². The Hall–Kier alpha value is -3.64. The highest BCUT2D eigenvalue weighted by Crippen LogP contribution is 2.33. The van der Waals surface area contributed by atoms with Crippen molar-refractivity contribution in [3.05, 3.63) is 77.9 Å². The van der Waals surface area contributed by atoms with E-state index in [1.807, 2.05) is 0 Å². The molecule has 3 rings (SSSR count). The van der Waals surface area contributed by atoms with E-state index in [4.69, 9.17) is 5.26 Å². The van der Waals surface area contributed by atoms with Crippen molar-refractivity contribution in [1.29, 1.82) is 5.26 Å². The summed E-state index contributed by atoms with van der Waals surface area (Å²) in [7, 11) is 0. The number of anilines is 1. The SMILES string of the molecule is C[C@](O)(Cn1ccc(-c2ccc(F)cc2)c1)C(=O)Nc1ccc(C#N)c(C(F)(F)F)c1. The Kier molecular flexibility index (Phi) is 5.86. The second-order valence-electron chi connectivity index (χ2n) is 7.18. The summed E-state index contributed by atoms with van der Waals surface area (Å²) >= 11 is 0. The van der Waals surface area contributed by atoms with Gasteiger partial charge in [0.15, 0.2) is 5.60 Å². The third-order valence-corrected chi connectivity index (χ3v) is 4.61. The summed E-state index contributed by atoms with van der Waals surface area (Å²) < 4.78 is 53.9. The molecule has 0 saturated heterocycles. The highest BCUT2D eigenvalue weighted by atomic mass is 19.4. The molecule has 1 heterocycles. The van der Waals surface area contributed by atoms with Crippen LogP contribution in [0.2, 0.25) is 0 Å². The van der Waals surface area contributed by atoms with Crippen LogP contribution in [0.1, 0.15) is 18.1 Å². The molecule has 160 valence electrons. The minimum Gasteiger partial charge on any atom is -0.378 e. The first kappa shape index (κ1) is 22.1. The van der Waals surface area contributed by atoms with Gasteiger partial charge in [0.2, 0.25) is 0 Å². The number of nitrogens with zero attached hydrogens (tertiary/aromatic N) is 2. The fourth-order valence-corrected chi connectivity index (χ4v) is 3.00. The van der Waals surface area contributed by atoms with Gasteiger partial charge in [-0.25, -0.2) is 4.39 Å². The third-order valence-electron chi connectivity index (χ3n) is 4.61. The predicted octanol–water partition coefficient (Wildman–Crippen LogP) is 4.57. The molecular weight excluding hydrogens is 414 g/mol. The van der Waals surface area contributed by atoms with Crippen LogP contribution in [0.4, 0.5) is 23.2 Å². The largest absolute Gasteiger partial charge is 0.417 e. The van der Waals surface area contributed by atoms with Gasteiger partial charge in [-0.05, 0) is 54.4 Å². The van der Waals surface area contributed by atoms with Crippen LogP contribution in [0.15, 0.2) is 60.9 Å². The van der Waals surface area contributed by atoms with E-state index in [-0.39, 0.29) is 18.0 Å². The number of alkyl halides is 3. The number of nitriles is 1. The summed E-state index contributed by atoms with van der Waals surface area (Å²) in [5, 5.41) is 21.7. The van der Waals surface area contributed by atoms with Gasteiger partial charge in [-0.2, -0.15) is 18.4 Å². The van der Waals surface area contributed by atoms with Gasteiger partial charge in [-0.3, -0.25) is 4.79 Å². The van der Waals surface area contributed by atoms with E-state index in [0.29, 0.717) is 6.07 Å². The molecule has 31 heavy (non-hydrogen) atoms. The van der Waals surface area contributed by atoms with Gasteiger partial charge in [0, 0.05) is 18.1 Å². The molecule has 0 saturated carbocycles. The lowest BCUT2D eigenvalue weighted by molar-refractivity contribution is -0.138. The highest BCUT2D eigenvalue weighted by molar-refractivity contribution is 5.96. The van der Waals surface area contributed by atoms with Crippen LogP contribution in [0.25, 0.3) is 11.1 Å². The molecule has 1 atom stereocenters. The van der Waals surface area contributed by atoms with E-state index in [1.54, 1.807) is 30.6 Å². The normalized spacial score (nSPS) is 13.3. The average Bonchev–Trinajstić information content (AvgIpc) is 3.15. The number of hydrogen-bond donors (Lipinski definition) is 2. The van der Waals surface area contributed by atoms with Crippen LogP contribution in [0.3, 0.4) is 0 Å². The van der Waals surface area contributed by atoms with Crippen molar-refractivity contribution in [2.45, 2.75) is 25.2 Å². The summed E-state index contributed by atoms with van der Waals surface area (Å²) in [6, 6.07) is 11.7. The molecule has 1 aromatic heterocycles. The average molecular weight is 431 g/mol. The maximum Gasteiger partial charge on any atom is 0.417 e. The van der Waals surface area contributed by atoms with Gasteiger partial charge < -0.3 is 15.0 Å². The molecule has 2 aromatic carbocycles. The van der Waals surface area contributed by atoms with E-state index < -0.39 is 28.8 Å². The van der Waals surface area contributed by atoms with Crippen molar-refractivity contribution in [1.82, 2.24) is 4.57 Å². The Bertz CT molecular complexity index is 1140. The molecule has 5 nitrogen and oxygen atoms in total. The number of benzene rings is 2. The van der Waals surface area contributed by atoms with Crippen molar-refractivity contribution in [3.63, 3.8) is 0 Å². The smallest absolute Gasteiger partial charge is 0.378 e. The van der Waals surface area contributed by atoms with Crippen LogP contribution in [-0.4, -0.2) is 21.2 Å². The minimum absolute atomic E-state index is 0.178. The number of amides is 1. The second-order valence-corrected chi connectivity index (χ2v) is 7.18. The van der Waals surface area contributed by atoms with Crippen LogP contribution < -0.4 is 5.32 Å². The van der Waals surface area contributed by atoms with E-state index in [9.17, 15) is 27.5 Å². The molecule has 0 fully saturated rings. The molecule has 0 spiro atoms. The fraction of sp³-hybridized carbons (Fsp3) is 0.182. The highest BCUT2D eigenvalue weighted by Gasteiger charge is 2.35. The number of aliphatic hydroxyl groups is 1. The summed E-state index contributed by atoms with van der Waals surface area (Å²) in [6.45, 7) is 1.05. The minimum atomic E-state index is -4.77. The summed E-state index contributed by atoms with van der Waals surface area (Å²) in [5.41, 5.74) is -2.43. The molecular formula is C22H17F4N3O2. The maximum atomic E-state index is 13.1. The Morgan fingerprint density at radius 3 is 2.42 bits per heavy atom. The molecule has 0 aliphatic heterocycles. The first-order valence-corrected chi connectivity index (χ1v) is 9.06. The number of aromatic nitrogens is 1. The first-order chi connectivity index (χ1) is 14.5. The third kappa shape index (κ3) is 5.10. The Morgan fingerprint density at radius 1 is 1.13 bits per heavy atom. The number of carbonyl (C=O) groups is 1. The molecule has 0 aliphatic carbocycles. The number of halogens is 4. The molecule has 0 bridgehead atoms. The maximum absolute atomic E-state index is 13.1. The van der Waals surface area contributed by atoms with Gasteiger partial charge in [0.1, 0.15) is 5.82 Å². The van der Waals surface area contributed by atoms with Crippen LogP contribution >= 0.6 is 0 Å². The lowest BCUT2D eigenvalue weighted by atomic mass is 10.0. The number of rotatable bonds is 5. The Balaban J connectivity index is 1.75. The monoisotopic (exact) mass is 431 g/mol. The van der Waals surface area contributed by atoms with E-state index in [2.05, 4.69) is 5.32 Å². The molecule has 2 N–H and O–H groups in total. The Labute approximate surface area is 175 Å². The van der Waals surface area contributed by atoms with Crippen molar-refractivity contribution in [3.8, 4) is 17.2 Å². The predicted molar refractivity (Wildman–Crippen MR) is 105 cm³/mol. The van der Waals surface area contributed by atoms with Gasteiger partial charge in [0.05, 0.1) is 23.7 Å². The van der Waals surface area contributed by atoms with Gasteiger partial charge >= 0.3 is 6.18 Å². The van der Waals surface area contributed by atoms with Crippen molar-refractivity contribution in [2.24, 2.45) is 0 Å². The van der Waals surface area contributed by atoms with Crippen LogP contribution in [0, 0.1) is 17.1 Å². The second kappa shape index (κ2) is 8.24. The zero-order chi connectivity index (χ0) is 22.8. The quantitative estimate of drug-likeness (QED) is 0.581. The zero-order valence-corrected chi connectivity index (χ0v) is 16.2. The van der Waals surface area contributed by atoms with E-state index in [1.165, 1.54) is 29.7 Å². The van der Waals surface area contributed by atoms with Gasteiger partial charge in [-0.15, -0.1) is 0 Å². The van der Waals surface area contributed by atoms with Crippen molar-refractivity contribution >= 4 is 11.6 Å². The van der Waals surface area contributed by atoms with Crippen molar-refractivity contribution < 1.29 is 27.5 Å². The lowest BCUT2D eigenvalue weighted by Gasteiger charge is -2.23. The first-order valence-electron chi connectivity index (χ1n) is 9.06. The van der Waals surface area contributed by atoms with E-state index >= 15 is 0 Å². The summed E-state index contributed by atoms with van der Waals surface area (Å²) in [5.74, 6) is -1.29. The van der Waals surface area contributed by atoms with E-state index in [0.717, 1.165) is 23.3 Å². The number of nitrogens with one attached hydrogen (secondary N) is 1. The van der Waals surface area contributed by atoms with Gasteiger partial charge in [-0.1, -0.05) is 12.1 Å². The molecule has 0 aliphatic rings. The number of carbonyl (C=O) groups excluding carboxylic acids is 1. The zero-order valence-electron chi connectivity index (χ0n) is 16.2. The number of hydrogen-bond acceptors (Lipinski definition) is 3. The summed E-state index contributed by atoms with van der Waals surface area (Å²) in [6.07, 6.45) is -1.50. The topological polar surface area (TPSA) is 78.1 Å². The van der Waals surface area contributed by atoms with Crippen LogP contribution in [0.5, 0.6) is 0 Å². The molecule has 9 heteroatoms. The molecule has 3 aromatic rings. The lowest BCUT2D eigenvalue weighted by Crippen LogP contribution is -2.43. The summed E-state index contributed by atoms with van der Waals surface area (Å²) in [4.78, 5) is 12.5. The Morgan fingerprint density at radius 2 is 1.81 bits per heavy atom. The fourth-order valence-electron chi connectivity index (χ4n) is 3.00. The standard InChI is InChI=1S/C22H17F4N3O2/c1-21(31,13-29-9-8-16(12-29)14-2-5-17(23)6-3-14)20(30)28-18-7-4-15(11-27)19(10-18)22(24,25)26/h2-10,12,31H,13H2,1H3,(H,28,30)/t21-/m0/s1. The molecule has 0 unspecified atom stereocenters. The van der Waals surface area contributed by atoms with Gasteiger partial charge in [0.25, 0.3) is 5.91 Å². The molecule has 1 amide bonds.